The van der Waals surface area contributed by atoms with E-state index < -0.39 is 17.5 Å². The normalized spacial score (nSPS) is 16.9. The summed E-state index contributed by atoms with van der Waals surface area (Å²) < 4.78 is 13.8. The van der Waals surface area contributed by atoms with E-state index in [4.69, 9.17) is 17.3 Å². The maximum absolute atomic E-state index is 13.8. The van der Waals surface area contributed by atoms with Crippen molar-refractivity contribution < 1.29 is 9.18 Å². The van der Waals surface area contributed by atoms with Crippen LogP contribution in [0.15, 0.2) is 54.5 Å². The van der Waals surface area contributed by atoms with Crippen molar-refractivity contribution in [3.05, 3.63) is 76.5 Å². The molecule has 6 N–H and O–H groups in total. The Balaban J connectivity index is 1.56. The third-order valence-electron chi connectivity index (χ3n) is 7.36. The lowest BCUT2D eigenvalue weighted by atomic mass is 9.75. The summed E-state index contributed by atoms with van der Waals surface area (Å²) in [4.78, 5) is 16.7. The Morgan fingerprint density at radius 2 is 2.02 bits per heavy atom. The van der Waals surface area contributed by atoms with Crippen molar-refractivity contribution in [2.75, 3.05) is 17.2 Å². The van der Waals surface area contributed by atoms with E-state index in [0.717, 1.165) is 12.0 Å². The second-order valence-electron chi connectivity index (χ2n) is 11.5. The number of benzene rings is 2. The molecule has 1 atom stereocenters. The first kappa shape index (κ1) is 27.5. The molecule has 0 radical (unpaired) electrons. The van der Waals surface area contributed by atoms with Crippen LogP contribution < -0.4 is 27.3 Å². The van der Waals surface area contributed by atoms with Gasteiger partial charge in [-0.3, -0.25) is 14.8 Å². The van der Waals surface area contributed by atoms with Crippen molar-refractivity contribution in [3.63, 3.8) is 0 Å². The third kappa shape index (κ3) is 5.22. The zero-order valence-electron chi connectivity index (χ0n) is 22.6. The molecule has 1 fully saturated rings. The molecule has 2 heterocycles. The number of hydrazine groups is 2. The minimum absolute atomic E-state index is 0.0299. The van der Waals surface area contributed by atoms with Crippen molar-refractivity contribution >= 4 is 39.8 Å². The van der Waals surface area contributed by atoms with Crippen LogP contribution in [-0.4, -0.2) is 28.0 Å². The van der Waals surface area contributed by atoms with Crippen LogP contribution in [0.1, 0.15) is 57.2 Å². The largest absolute Gasteiger partial charge is 0.383 e. The van der Waals surface area contributed by atoms with Gasteiger partial charge in [0.15, 0.2) is 0 Å². The number of pyridine rings is 1. The number of nitriles is 1. The molecule has 1 amide bonds. The molecule has 3 aromatic rings. The molecule has 0 saturated heterocycles. The summed E-state index contributed by atoms with van der Waals surface area (Å²) in [6.45, 7) is 6.95. The van der Waals surface area contributed by atoms with E-state index in [2.05, 4.69) is 53.4 Å². The molecule has 1 aliphatic carbocycles. The van der Waals surface area contributed by atoms with Crippen LogP contribution in [0.25, 0.3) is 10.9 Å². The molecular formula is C29H32ClFN8O. The summed E-state index contributed by atoms with van der Waals surface area (Å²) in [7, 11) is 0. The number of aromatic nitrogens is 1. The number of carbonyl (C=O) groups is 1. The molecule has 9 nitrogen and oxygen atoms in total. The van der Waals surface area contributed by atoms with E-state index in [1.54, 1.807) is 23.2 Å². The number of nitrogens with two attached hydrogens (primary N) is 1. The van der Waals surface area contributed by atoms with Gasteiger partial charge in [0.1, 0.15) is 17.4 Å². The van der Waals surface area contributed by atoms with Crippen LogP contribution in [0.5, 0.6) is 0 Å². The molecule has 5 rings (SSSR count). The molecular weight excluding hydrogens is 531 g/mol. The van der Waals surface area contributed by atoms with Gasteiger partial charge in [0, 0.05) is 30.0 Å². The summed E-state index contributed by atoms with van der Waals surface area (Å²) in [5.41, 5.74) is 14.9. The first-order valence-electron chi connectivity index (χ1n) is 13.1. The van der Waals surface area contributed by atoms with Crippen molar-refractivity contribution in [3.8, 4) is 6.07 Å². The number of hydrogen-bond donors (Lipinski definition) is 5. The fourth-order valence-electron chi connectivity index (χ4n) is 4.96. The molecule has 0 spiro atoms. The second-order valence-corrected chi connectivity index (χ2v) is 11.9. The van der Waals surface area contributed by atoms with E-state index in [9.17, 15) is 14.4 Å². The predicted octanol–water partition coefficient (Wildman–Crippen LogP) is 5.08. The molecule has 2 aliphatic rings. The van der Waals surface area contributed by atoms with Gasteiger partial charge < -0.3 is 21.8 Å². The molecule has 208 valence electrons. The van der Waals surface area contributed by atoms with E-state index in [1.807, 2.05) is 12.3 Å². The molecule has 2 aromatic carbocycles. The zero-order valence-corrected chi connectivity index (χ0v) is 23.4. The summed E-state index contributed by atoms with van der Waals surface area (Å²) in [5, 5.41) is 19.5. The van der Waals surface area contributed by atoms with Gasteiger partial charge in [-0.05, 0) is 54.5 Å². The summed E-state index contributed by atoms with van der Waals surface area (Å²) in [6, 6.07) is 11.6. The maximum Gasteiger partial charge on any atom is 0.244 e. The minimum Gasteiger partial charge on any atom is -0.383 e. The van der Waals surface area contributed by atoms with Crippen molar-refractivity contribution in [1.82, 2.24) is 21.0 Å². The highest BCUT2D eigenvalue weighted by Gasteiger charge is 2.49. The number of nitrogens with one attached hydrogen (secondary N) is 4. The van der Waals surface area contributed by atoms with Gasteiger partial charge >= 0.3 is 0 Å². The highest BCUT2D eigenvalue weighted by molar-refractivity contribution is 6.35. The average Bonchev–Trinajstić information content (AvgIpc) is 3.34. The first-order chi connectivity index (χ1) is 19.0. The average molecular weight is 563 g/mol. The number of rotatable bonds is 8. The molecule has 0 bridgehead atoms. The highest BCUT2D eigenvalue weighted by atomic mass is 35.5. The Kier molecular flexibility index (Phi) is 7.21. The molecule has 1 aliphatic heterocycles. The summed E-state index contributed by atoms with van der Waals surface area (Å²) in [5.74, 6) is -0.745. The van der Waals surface area contributed by atoms with Gasteiger partial charge in [-0.25, -0.2) is 4.39 Å². The van der Waals surface area contributed by atoms with Crippen LogP contribution in [0.2, 0.25) is 5.02 Å². The number of halogens is 2. The molecule has 1 saturated carbocycles. The van der Waals surface area contributed by atoms with Crippen molar-refractivity contribution in [1.29, 1.82) is 5.26 Å². The van der Waals surface area contributed by atoms with Gasteiger partial charge in [-0.1, -0.05) is 44.5 Å². The Morgan fingerprint density at radius 1 is 1.30 bits per heavy atom. The molecule has 0 unspecified atom stereocenters. The zero-order chi connectivity index (χ0) is 28.7. The lowest BCUT2D eigenvalue weighted by Gasteiger charge is -2.44. The second kappa shape index (κ2) is 10.5. The number of hydrogen-bond acceptors (Lipinski definition) is 8. The lowest BCUT2D eigenvalue weighted by Crippen LogP contribution is -2.63. The molecule has 1 aromatic heterocycles. The van der Waals surface area contributed by atoms with Crippen LogP contribution in [-0.2, 0) is 4.79 Å². The van der Waals surface area contributed by atoms with Crippen LogP contribution in [0, 0.1) is 22.6 Å². The topological polar surface area (TPSA) is 131 Å². The van der Waals surface area contributed by atoms with Gasteiger partial charge in [0.25, 0.3) is 0 Å². The van der Waals surface area contributed by atoms with E-state index in [-0.39, 0.29) is 11.2 Å². The Labute approximate surface area is 237 Å². The van der Waals surface area contributed by atoms with Gasteiger partial charge in [0.2, 0.25) is 5.91 Å². The third-order valence-corrected chi connectivity index (χ3v) is 7.64. The lowest BCUT2D eigenvalue weighted by molar-refractivity contribution is -0.136. The molecule has 11 heteroatoms. The quantitative estimate of drug-likeness (QED) is 0.257. The number of nitrogens with zero attached hydrogens (tertiary/aromatic N) is 3. The standard InChI is InChI=1S/C29H32ClFN8O/c1-28(2,3)16-35-24-18(13-32)14-34-26-21(24)11-20(12-22(26)30)36-25(17-5-7-19(31)8-6-17)23-15-39(38-37-23)29(27(33)40)9-4-10-29/h5-8,11-12,14-15,25,36-38H,4,9-10,16H2,1-3H3,(H2,33,40)(H,34,35)/t25-/m0/s1. The van der Waals surface area contributed by atoms with Crippen molar-refractivity contribution in [2.24, 2.45) is 11.1 Å². The monoisotopic (exact) mass is 562 g/mol. The first-order valence-corrected chi connectivity index (χ1v) is 13.5. The predicted molar refractivity (Wildman–Crippen MR) is 154 cm³/mol. The maximum atomic E-state index is 13.8. The Morgan fingerprint density at radius 3 is 2.62 bits per heavy atom. The number of fused-ring (bicyclic) bond motifs is 1. The number of amides is 1. The number of primary amides is 1. The highest BCUT2D eigenvalue weighted by Crippen LogP contribution is 2.40. The fraction of sp³-hybridized carbons (Fsp3) is 0.345. The van der Waals surface area contributed by atoms with Crippen molar-refractivity contribution in [2.45, 2.75) is 51.6 Å². The van der Waals surface area contributed by atoms with E-state index >= 15 is 0 Å². The van der Waals surface area contributed by atoms with Crippen LogP contribution in [0.4, 0.5) is 15.8 Å². The smallest absolute Gasteiger partial charge is 0.244 e. The van der Waals surface area contributed by atoms with E-state index in [1.165, 1.54) is 18.3 Å². The van der Waals surface area contributed by atoms with Gasteiger partial charge in [-0.15, -0.1) is 5.53 Å². The number of carbonyl (C=O) groups excluding carboxylic acids is 1. The van der Waals surface area contributed by atoms with E-state index in [0.29, 0.717) is 57.9 Å². The Hall–Kier alpha value is -4.07. The molecule has 40 heavy (non-hydrogen) atoms. The SMILES string of the molecule is CC(C)(C)CNc1c(C#N)cnc2c(Cl)cc(N[C@H](C3=CN(C4(C(N)=O)CCC4)NN3)c3ccc(F)cc3)cc12. The fourth-order valence-corrected chi connectivity index (χ4v) is 5.23. The summed E-state index contributed by atoms with van der Waals surface area (Å²) in [6.07, 6.45) is 5.54. The number of anilines is 2. The van der Waals surface area contributed by atoms with Crippen LogP contribution >= 0.6 is 11.6 Å². The minimum atomic E-state index is -0.804. The van der Waals surface area contributed by atoms with Gasteiger partial charge in [-0.2, -0.15) is 5.26 Å². The van der Waals surface area contributed by atoms with Gasteiger partial charge in [0.05, 0.1) is 33.5 Å². The summed E-state index contributed by atoms with van der Waals surface area (Å²) >= 11 is 6.71. The van der Waals surface area contributed by atoms with Crippen LogP contribution in [0.3, 0.4) is 0 Å². The Bertz CT molecular complexity index is 1520.